The molecule has 0 spiro atoms. The van der Waals surface area contributed by atoms with Crippen LogP contribution in [0.25, 0.3) is 28.2 Å². The lowest BCUT2D eigenvalue weighted by Gasteiger charge is -2.11. The van der Waals surface area contributed by atoms with Gasteiger partial charge in [-0.15, -0.1) is 0 Å². The molecule has 4 rings (SSSR count). The van der Waals surface area contributed by atoms with Gasteiger partial charge < -0.3 is 9.84 Å². The number of rotatable bonds is 9. The Labute approximate surface area is 212 Å². The van der Waals surface area contributed by atoms with Crippen molar-refractivity contribution < 1.29 is 19.0 Å². The van der Waals surface area contributed by atoms with Crippen LogP contribution >= 0.6 is 15.9 Å². The Hall–Kier alpha value is -3.45. The van der Waals surface area contributed by atoms with Gasteiger partial charge in [-0.2, -0.15) is 5.10 Å². The summed E-state index contributed by atoms with van der Waals surface area (Å²) in [5.74, 6) is -0.423. The molecular weight excluding hydrogens is 511 g/mol. The molecule has 0 radical (unpaired) electrons. The second-order valence-electron chi connectivity index (χ2n) is 8.54. The molecule has 0 bridgehead atoms. The molecule has 180 valence electrons. The van der Waals surface area contributed by atoms with Crippen LogP contribution in [0.5, 0.6) is 5.75 Å². The highest BCUT2D eigenvalue weighted by Gasteiger charge is 2.18. The van der Waals surface area contributed by atoms with Gasteiger partial charge in [0.15, 0.2) is 0 Å². The number of carbonyl (C=O) groups is 1. The Morgan fingerprint density at radius 2 is 1.80 bits per heavy atom. The zero-order valence-electron chi connectivity index (χ0n) is 19.5. The molecule has 1 heterocycles. The Morgan fingerprint density at radius 1 is 1.06 bits per heavy atom. The number of ether oxygens (including phenoxy) is 1. The third kappa shape index (κ3) is 5.80. The Balaban J connectivity index is 1.80. The maximum absolute atomic E-state index is 14.3. The fourth-order valence-electron chi connectivity index (χ4n) is 3.80. The molecule has 0 amide bonds. The monoisotopic (exact) mass is 536 g/mol. The van der Waals surface area contributed by atoms with Crippen molar-refractivity contribution in [1.29, 1.82) is 0 Å². The van der Waals surface area contributed by atoms with E-state index in [-0.39, 0.29) is 13.0 Å². The molecule has 0 fully saturated rings. The molecule has 5 nitrogen and oxygen atoms in total. The van der Waals surface area contributed by atoms with E-state index in [4.69, 9.17) is 14.9 Å². The highest BCUT2D eigenvalue weighted by Crippen LogP contribution is 2.36. The van der Waals surface area contributed by atoms with Crippen LogP contribution in [-0.4, -0.2) is 27.5 Å². The first-order valence-electron chi connectivity index (χ1n) is 11.4. The molecule has 0 atom stereocenters. The molecule has 0 aliphatic carbocycles. The van der Waals surface area contributed by atoms with Gasteiger partial charge in [-0.25, -0.2) is 9.07 Å². The van der Waals surface area contributed by atoms with Gasteiger partial charge in [-0.3, -0.25) is 4.79 Å². The van der Waals surface area contributed by atoms with E-state index in [9.17, 15) is 9.18 Å². The molecule has 7 heteroatoms. The molecule has 35 heavy (non-hydrogen) atoms. The molecule has 0 aliphatic heterocycles. The molecule has 0 unspecified atom stereocenters. The number of aliphatic carboxylic acids is 1. The van der Waals surface area contributed by atoms with Crippen LogP contribution in [0.15, 0.2) is 77.3 Å². The first kappa shape index (κ1) is 24.7. The molecular formula is C28H26BrFN2O3. The van der Waals surface area contributed by atoms with Gasteiger partial charge in [-0.05, 0) is 60.4 Å². The first-order valence-corrected chi connectivity index (χ1v) is 12.2. The van der Waals surface area contributed by atoms with Crippen LogP contribution in [-0.2, 0) is 4.79 Å². The summed E-state index contributed by atoms with van der Waals surface area (Å²) in [7, 11) is 0. The number of halogens is 2. The summed E-state index contributed by atoms with van der Waals surface area (Å²) in [6, 6.07) is 22.3. The van der Waals surface area contributed by atoms with Gasteiger partial charge in [0.05, 0.1) is 23.7 Å². The fourth-order valence-corrected chi connectivity index (χ4v) is 4.29. The normalized spacial score (nSPS) is 11.1. The third-order valence-corrected chi connectivity index (χ3v) is 6.37. The van der Waals surface area contributed by atoms with Crippen LogP contribution in [0.1, 0.15) is 38.2 Å². The average Bonchev–Trinajstić information content (AvgIpc) is 3.28. The largest absolute Gasteiger partial charge is 0.493 e. The van der Waals surface area contributed by atoms with Crippen LogP contribution < -0.4 is 4.74 Å². The van der Waals surface area contributed by atoms with E-state index in [1.54, 1.807) is 6.07 Å². The standard InChI is InChI=1S/C28H26BrFN2O3/c1-18(2)19-9-12-21(13-10-19)32-26(22-6-3-4-7-24(22)29)17-25(31-32)23-16-20(30)11-14-27(23)35-15-5-8-28(33)34/h3-4,6-7,9-14,16-18H,5,8,15H2,1-2H3,(H,33,34). The van der Waals surface area contributed by atoms with Crippen molar-refractivity contribution in [1.82, 2.24) is 9.78 Å². The highest BCUT2D eigenvalue weighted by molar-refractivity contribution is 9.10. The minimum atomic E-state index is -0.881. The summed E-state index contributed by atoms with van der Waals surface area (Å²) in [5, 5.41) is 13.7. The number of carboxylic acid groups (broad SMARTS) is 1. The first-order chi connectivity index (χ1) is 16.8. The van der Waals surface area contributed by atoms with Gasteiger partial charge in [0, 0.05) is 22.0 Å². The zero-order valence-corrected chi connectivity index (χ0v) is 21.1. The molecule has 0 aliphatic rings. The van der Waals surface area contributed by atoms with Crippen LogP contribution in [0.3, 0.4) is 0 Å². The van der Waals surface area contributed by atoms with E-state index >= 15 is 0 Å². The minimum absolute atomic E-state index is 0.00368. The summed E-state index contributed by atoms with van der Waals surface area (Å²) < 4.78 is 22.9. The van der Waals surface area contributed by atoms with Crippen molar-refractivity contribution in [3.05, 3.63) is 88.6 Å². The van der Waals surface area contributed by atoms with Gasteiger partial charge >= 0.3 is 5.97 Å². The fraction of sp³-hybridized carbons (Fsp3) is 0.214. The van der Waals surface area contributed by atoms with Crippen molar-refractivity contribution in [3.63, 3.8) is 0 Å². The number of hydrogen-bond acceptors (Lipinski definition) is 3. The SMILES string of the molecule is CC(C)c1ccc(-n2nc(-c3cc(F)ccc3OCCCC(=O)O)cc2-c2ccccc2Br)cc1. The number of carboxylic acids is 1. The van der Waals surface area contributed by atoms with E-state index in [0.717, 1.165) is 21.4 Å². The van der Waals surface area contributed by atoms with Gasteiger partial charge in [0.2, 0.25) is 0 Å². The molecule has 3 aromatic carbocycles. The quantitative estimate of drug-likeness (QED) is 0.225. The molecule has 4 aromatic rings. The minimum Gasteiger partial charge on any atom is -0.493 e. The van der Waals surface area contributed by atoms with E-state index in [1.807, 2.05) is 47.1 Å². The summed E-state index contributed by atoms with van der Waals surface area (Å²) >= 11 is 3.64. The number of benzene rings is 3. The Morgan fingerprint density at radius 3 is 2.49 bits per heavy atom. The summed E-state index contributed by atoms with van der Waals surface area (Å²) in [6.07, 6.45) is 0.356. The topological polar surface area (TPSA) is 64.4 Å². The van der Waals surface area contributed by atoms with E-state index in [0.29, 0.717) is 29.3 Å². The number of hydrogen-bond donors (Lipinski definition) is 1. The molecule has 1 N–H and O–H groups in total. The van der Waals surface area contributed by atoms with Crippen molar-refractivity contribution in [2.24, 2.45) is 0 Å². The average molecular weight is 537 g/mol. The van der Waals surface area contributed by atoms with Crippen molar-refractivity contribution in [3.8, 4) is 34.0 Å². The molecule has 0 saturated heterocycles. The Kier molecular flexibility index (Phi) is 7.66. The van der Waals surface area contributed by atoms with E-state index in [1.165, 1.54) is 17.7 Å². The summed E-state index contributed by atoms with van der Waals surface area (Å²) in [4.78, 5) is 10.8. The maximum Gasteiger partial charge on any atom is 0.303 e. The number of aromatic nitrogens is 2. The lowest BCUT2D eigenvalue weighted by Crippen LogP contribution is -2.03. The van der Waals surface area contributed by atoms with Crippen LogP contribution in [0.4, 0.5) is 4.39 Å². The van der Waals surface area contributed by atoms with Gasteiger partial charge in [-0.1, -0.05) is 60.1 Å². The smallest absolute Gasteiger partial charge is 0.303 e. The molecule has 0 saturated carbocycles. The second-order valence-corrected chi connectivity index (χ2v) is 9.39. The van der Waals surface area contributed by atoms with Gasteiger partial charge in [0.25, 0.3) is 0 Å². The predicted molar refractivity (Wildman–Crippen MR) is 139 cm³/mol. The maximum atomic E-state index is 14.3. The van der Waals surface area contributed by atoms with Crippen molar-refractivity contribution in [2.75, 3.05) is 6.61 Å². The third-order valence-electron chi connectivity index (χ3n) is 5.67. The summed E-state index contributed by atoms with van der Waals surface area (Å²) in [6.45, 7) is 4.50. The van der Waals surface area contributed by atoms with E-state index in [2.05, 4.69) is 41.9 Å². The Bertz CT molecular complexity index is 1330. The number of nitrogens with zero attached hydrogens (tertiary/aromatic N) is 2. The van der Waals surface area contributed by atoms with Crippen LogP contribution in [0, 0.1) is 5.82 Å². The van der Waals surface area contributed by atoms with Crippen molar-refractivity contribution >= 4 is 21.9 Å². The second kappa shape index (κ2) is 10.9. The lowest BCUT2D eigenvalue weighted by atomic mass is 10.0. The predicted octanol–water partition coefficient (Wildman–Crippen LogP) is 7.47. The van der Waals surface area contributed by atoms with Crippen LogP contribution in [0.2, 0.25) is 0 Å². The van der Waals surface area contributed by atoms with E-state index < -0.39 is 11.8 Å². The lowest BCUT2D eigenvalue weighted by molar-refractivity contribution is -0.137. The zero-order chi connectivity index (χ0) is 24.9. The van der Waals surface area contributed by atoms with Gasteiger partial charge in [0.1, 0.15) is 11.6 Å². The molecule has 1 aromatic heterocycles. The highest BCUT2D eigenvalue weighted by atomic mass is 79.9. The summed E-state index contributed by atoms with van der Waals surface area (Å²) in [5.41, 5.74) is 4.95. The van der Waals surface area contributed by atoms with Crippen molar-refractivity contribution in [2.45, 2.75) is 32.6 Å².